The highest BCUT2D eigenvalue weighted by Gasteiger charge is 2.33. The summed E-state index contributed by atoms with van der Waals surface area (Å²) in [7, 11) is 0. The molecule has 0 bridgehead atoms. The van der Waals surface area contributed by atoms with Crippen molar-refractivity contribution in [3.05, 3.63) is 59.4 Å². The second-order valence-electron chi connectivity index (χ2n) is 5.59. The molecule has 1 saturated carbocycles. The van der Waals surface area contributed by atoms with Crippen LogP contribution in [0.3, 0.4) is 0 Å². The third-order valence-electron chi connectivity index (χ3n) is 3.72. The van der Waals surface area contributed by atoms with Gasteiger partial charge in [0.15, 0.2) is 0 Å². The maximum atomic E-state index is 12.7. The van der Waals surface area contributed by atoms with E-state index in [2.05, 4.69) is 4.98 Å². The SMILES string of the molecule is Cc1cc(C(=O)N(Cc2ccc(N)cc2)C2CC2)ccn1. The van der Waals surface area contributed by atoms with Crippen molar-refractivity contribution in [2.45, 2.75) is 32.4 Å². The van der Waals surface area contributed by atoms with Crippen molar-refractivity contribution in [2.24, 2.45) is 0 Å². The number of carbonyl (C=O) groups excluding carboxylic acids is 1. The maximum absolute atomic E-state index is 12.7. The van der Waals surface area contributed by atoms with Crippen molar-refractivity contribution in [1.82, 2.24) is 9.88 Å². The van der Waals surface area contributed by atoms with Gasteiger partial charge in [0, 0.05) is 35.7 Å². The molecule has 1 aromatic heterocycles. The number of nitrogen functional groups attached to an aromatic ring is 1. The van der Waals surface area contributed by atoms with Crippen molar-refractivity contribution in [3.63, 3.8) is 0 Å². The van der Waals surface area contributed by atoms with E-state index in [-0.39, 0.29) is 5.91 Å². The Balaban J connectivity index is 1.81. The first kappa shape index (κ1) is 13.6. The van der Waals surface area contributed by atoms with Crippen LogP contribution in [0.15, 0.2) is 42.6 Å². The van der Waals surface area contributed by atoms with Crippen molar-refractivity contribution < 1.29 is 4.79 Å². The highest BCUT2D eigenvalue weighted by Crippen LogP contribution is 2.30. The molecule has 4 heteroatoms. The summed E-state index contributed by atoms with van der Waals surface area (Å²) < 4.78 is 0. The van der Waals surface area contributed by atoms with Gasteiger partial charge in [-0.25, -0.2) is 0 Å². The molecule has 1 aliphatic carbocycles. The minimum Gasteiger partial charge on any atom is -0.399 e. The predicted molar refractivity (Wildman–Crippen MR) is 82.7 cm³/mol. The number of anilines is 1. The Labute approximate surface area is 124 Å². The lowest BCUT2D eigenvalue weighted by molar-refractivity contribution is 0.0729. The summed E-state index contributed by atoms with van der Waals surface area (Å²) >= 11 is 0. The second-order valence-corrected chi connectivity index (χ2v) is 5.59. The average molecular weight is 281 g/mol. The molecule has 3 rings (SSSR count). The molecule has 0 aliphatic heterocycles. The van der Waals surface area contributed by atoms with E-state index in [0.717, 1.165) is 29.8 Å². The van der Waals surface area contributed by atoms with Gasteiger partial charge in [-0.2, -0.15) is 0 Å². The number of nitrogens with two attached hydrogens (primary N) is 1. The van der Waals surface area contributed by atoms with E-state index < -0.39 is 0 Å². The Hall–Kier alpha value is -2.36. The van der Waals surface area contributed by atoms with Gasteiger partial charge in [0.1, 0.15) is 0 Å². The molecule has 108 valence electrons. The van der Waals surface area contributed by atoms with Crippen LogP contribution in [0, 0.1) is 6.92 Å². The molecule has 1 aromatic carbocycles. The number of aryl methyl sites for hydroxylation is 1. The summed E-state index contributed by atoms with van der Waals surface area (Å²) in [5.74, 6) is 0.0832. The van der Waals surface area contributed by atoms with Crippen molar-refractivity contribution in [3.8, 4) is 0 Å². The molecule has 4 nitrogen and oxygen atoms in total. The fraction of sp³-hybridized carbons (Fsp3) is 0.294. The molecular formula is C17H19N3O. The first-order chi connectivity index (χ1) is 10.1. The molecule has 1 fully saturated rings. The lowest BCUT2D eigenvalue weighted by Crippen LogP contribution is -2.32. The van der Waals surface area contributed by atoms with E-state index in [9.17, 15) is 4.79 Å². The van der Waals surface area contributed by atoms with Crippen LogP contribution < -0.4 is 5.73 Å². The Kier molecular flexibility index (Phi) is 3.60. The molecule has 0 saturated heterocycles. The number of rotatable bonds is 4. The Morgan fingerprint density at radius 2 is 2.00 bits per heavy atom. The molecule has 21 heavy (non-hydrogen) atoms. The van der Waals surface area contributed by atoms with E-state index >= 15 is 0 Å². The fourth-order valence-electron chi connectivity index (χ4n) is 2.42. The molecule has 0 spiro atoms. The van der Waals surface area contributed by atoms with E-state index in [1.54, 1.807) is 12.3 Å². The van der Waals surface area contributed by atoms with Gasteiger partial charge < -0.3 is 10.6 Å². The lowest BCUT2D eigenvalue weighted by Gasteiger charge is -2.23. The van der Waals surface area contributed by atoms with Crippen LogP contribution in [-0.2, 0) is 6.54 Å². The molecule has 0 radical (unpaired) electrons. The van der Waals surface area contributed by atoms with Gasteiger partial charge in [0.2, 0.25) is 0 Å². The van der Waals surface area contributed by atoms with Gasteiger partial charge in [0.05, 0.1) is 0 Å². The minimum absolute atomic E-state index is 0.0832. The molecule has 1 heterocycles. The summed E-state index contributed by atoms with van der Waals surface area (Å²) in [6, 6.07) is 11.7. The summed E-state index contributed by atoms with van der Waals surface area (Å²) in [5, 5.41) is 0. The molecule has 0 atom stereocenters. The maximum Gasteiger partial charge on any atom is 0.254 e. The van der Waals surface area contributed by atoms with Crippen molar-refractivity contribution in [1.29, 1.82) is 0 Å². The van der Waals surface area contributed by atoms with Gasteiger partial charge in [-0.1, -0.05) is 12.1 Å². The van der Waals surface area contributed by atoms with Crippen LogP contribution in [0.1, 0.15) is 34.5 Å². The Bertz CT molecular complexity index is 647. The molecule has 2 aromatic rings. The monoisotopic (exact) mass is 281 g/mol. The van der Waals surface area contributed by atoms with E-state index in [1.165, 1.54) is 0 Å². The average Bonchev–Trinajstić information content (AvgIpc) is 3.30. The first-order valence-corrected chi connectivity index (χ1v) is 7.21. The largest absolute Gasteiger partial charge is 0.399 e. The van der Waals surface area contributed by atoms with Crippen LogP contribution in [0.4, 0.5) is 5.69 Å². The highest BCUT2D eigenvalue weighted by atomic mass is 16.2. The van der Waals surface area contributed by atoms with Gasteiger partial charge in [-0.15, -0.1) is 0 Å². The summed E-state index contributed by atoms with van der Waals surface area (Å²) in [4.78, 5) is 18.8. The van der Waals surface area contributed by atoms with E-state index in [4.69, 9.17) is 5.73 Å². The molecule has 0 unspecified atom stereocenters. The Morgan fingerprint density at radius 1 is 1.29 bits per heavy atom. The zero-order valence-electron chi connectivity index (χ0n) is 12.1. The quantitative estimate of drug-likeness (QED) is 0.877. The number of amides is 1. The van der Waals surface area contributed by atoms with Crippen LogP contribution >= 0.6 is 0 Å². The summed E-state index contributed by atoms with van der Waals surface area (Å²) in [6.45, 7) is 2.53. The standard InChI is InChI=1S/C17H19N3O/c1-12-10-14(8-9-19-12)17(21)20(16-6-7-16)11-13-2-4-15(18)5-3-13/h2-5,8-10,16H,6-7,11,18H2,1H3. The molecular weight excluding hydrogens is 262 g/mol. The summed E-state index contributed by atoms with van der Waals surface area (Å²) in [5.41, 5.74) is 9.14. The molecule has 1 amide bonds. The highest BCUT2D eigenvalue weighted by molar-refractivity contribution is 5.94. The van der Waals surface area contributed by atoms with E-state index in [1.807, 2.05) is 42.2 Å². The first-order valence-electron chi connectivity index (χ1n) is 7.21. The van der Waals surface area contributed by atoms with Crippen LogP contribution in [0.5, 0.6) is 0 Å². The third kappa shape index (κ3) is 3.21. The van der Waals surface area contributed by atoms with Gasteiger partial charge in [-0.05, 0) is 49.6 Å². The van der Waals surface area contributed by atoms with Crippen molar-refractivity contribution in [2.75, 3.05) is 5.73 Å². The number of pyridine rings is 1. The Morgan fingerprint density at radius 3 is 2.62 bits per heavy atom. The van der Waals surface area contributed by atoms with Crippen molar-refractivity contribution >= 4 is 11.6 Å². The van der Waals surface area contributed by atoms with Gasteiger partial charge in [-0.3, -0.25) is 9.78 Å². The topological polar surface area (TPSA) is 59.2 Å². The molecule has 2 N–H and O–H groups in total. The predicted octanol–water partition coefficient (Wildman–Crippen LogP) is 2.78. The van der Waals surface area contributed by atoms with E-state index in [0.29, 0.717) is 18.2 Å². The van der Waals surface area contributed by atoms with Gasteiger partial charge in [0.25, 0.3) is 5.91 Å². The molecule has 1 aliphatic rings. The lowest BCUT2D eigenvalue weighted by atomic mass is 10.1. The number of hydrogen-bond acceptors (Lipinski definition) is 3. The van der Waals surface area contributed by atoms with Crippen LogP contribution in [-0.4, -0.2) is 21.8 Å². The zero-order valence-corrected chi connectivity index (χ0v) is 12.1. The number of carbonyl (C=O) groups is 1. The van der Waals surface area contributed by atoms with Gasteiger partial charge >= 0.3 is 0 Å². The minimum atomic E-state index is 0.0832. The normalized spacial score (nSPS) is 14.0. The summed E-state index contributed by atoms with van der Waals surface area (Å²) in [6.07, 6.45) is 3.87. The fourth-order valence-corrected chi connectivity index (χ4v) is 2.42. The second kappa shape index (κ2) is 5.56. The number of nitrogens with zero attached hydrogens (tertiary/aromatic N) is 2. The zero-order chi connectivity index (χ0) is 14.8. The third-order valence-corrected chi connectivity index (χ3v) is 3.72. The number of benzene rings is 1. The number of aromatic nitrogens is 1. The van der Waals surface area contributed by atoms with Crippen LogP contribution in [0.2, 0.25) is 0 Å². The smallest absolute Gasteiger partial charge is 0.254 e. The number of hydrogen-bond donors (Lipinski definition) is 1. The van der Waals surface area contributed by atoms with Crippen LogP contribution in [0.25, 0.3) is 0 Å².